The number of carbonyl (C=O) groups is 1. The Morgan fingerprint density at radius 2 is 2.10 bits per heavy atom. The molecule has 4 rings (SSSR count). The summed E-state index contributed by atoms with van der Waals surface area (Å²) in [6, 6.07) is 12.0. The number of ether oxygens (including phenoxy) is 2. The van der Waals surface area contributed by atoms with Gasteiger partial charge in [0.2, 0.25) is 0 Å². The van der Waals surface area contributed by atoms with Crippen LogP contribution in [0.2, 0.25) is 0 Å². The van der Waals surface area contributed by atoms with Gasteiger partial charge in [0.1, 0.15) is 12.2 Å². The number of aromatic nitrogens is 2. The fourth-order valence-electron chi connectivity index (χ4n) is 3.37. The molecule has 3 heterocycles. The van der Waals surface area contributed by atoms with Gasteiger partial charge in [0.25, 0.3) is 0 Å². The Hall–Kier alpha value is -3.35. The fourth-order valence-corrected chi connectivity index (χ4v) is 3.37. The molecule has 0 atom stereocenters. The van der Waals surface area contributed by atoms with Gasteiger partial charge in [-0.25, -0.2) is 9.78 Å². The smallest absolute Gasteiger partial charge is 0.407 e. The van der Waals surface area contributed by atoms with Gasteiger partial charge in [-0.3, -0.25) is 4.98 Å². The van der Waals surface area contributed by atoms with Crippen LogP contribution in [0.1, 0.15) is 26.5 Å². The Balaban J connectivity index is 1.60. The highest BCUT2D eigenvalue weighted by atomic mass is 16.6. The number of benzene rings is 1. The van der Waals surface area contributed by atoms with Crippen molar-refractivity contribution in [2.24, 2.45) is 0 Å². The second-order valence-electron chi connectivity index (χ2n) is 8.34. The van der Waals surface area contributed by atoms with Gasteiger partial charge in [0.05, 0.1) is 35.7 Å². The summed E-state index contributed by atoms with van der Waals surface area (Å²) in [5.41, 5.74) is 3.85. The highest BCUT2D eigenvalue weighted by molar-refractivity contribution is 5.84. The van der Waals surface area contributed by atoms with Crippen molar-refractivity contribution in [1.29, 1.82) is 0 Å². The van der Waals surface area contributed by atoms with Crippen molar-refractivity contribution in [3.05, 3.63) is 48.3 Å². The van der Waals surface area contributed by atoms with E-state index in [0.717, 1.165) is 40.1 Å². The van der Waals surface area contributed by atoms with Gasteiger partial charge in [-0.1, -0.05) is 6.07 Å². The lowest BCUT2D eigenvalue weighted by atomic mass is 10.1. The van der Waals surface area contributed by atoms with E-state index in [0.29, 0.717) is 12.3 Å². The highest BCUT2D eigenvalue weighted by Gasteiger charge is 2.20. The number of likely N-dealkylation sites (N-methyl/N-ethyl adjacent to an activating group) is 1. The first kappa shape index (κ1) is 19.9. The quantitative estimate of drug-likeness (QED) is 0.704. The monoisotopic (exact) mass is 406 g/mol. The van der Waals surface area contributed by atoms with Crippen LogP contribution < -0.4 is 15.0 Å². The van der Waals surface area contributed by atoms with Crippen molar-refractivity contribution in [3.63, 3.8) is 0 Å². The minimum atomic E-state index is -0.539. The van der Waals surface area contributed by atoms with Crippen LogP contribution in [0, 0.1) is 0 Å². The predicted octanol–water partition coefficient (Wildman–Crippen LogP) is 4.15. The number of hydrogen-bond donors (Lipinski definition) is 1. The van der Waals surface area contributed by atoms with Crippen molar-refractivity contribution in [2.45, 2.75) is 32.9 Å². The molecule has 1 aromatic carbocycles. The van der Waals surface area contributed by atoms with E-state index in [1.54, 1.807) is 6.20 Å². The maximum Gasteiger partial charge on any atom is 0.407 e. The number of pyridine rings is 2. The van der Waals surface area contributed by atoms with Crippen molar-refractivity contribution in [2.75, 3.05) is 25.1 Å². The second kappa shape index (κ2) is 7.82. The normalized spacial score (nSPS) is 13.5. The Morgan fingerprint density at radius 1 is 1.27 bits per heavy atom. The molecule has 3 aromatic rings. The number of nitrogens with one attached hydrogen (secondary N) is 1. The van der Waals surface area contributed by atoms with Gasteiger partial charge < -0.3 is 19.7 Å². The average Bonchev–Trinajstić information content (AvgIpc) is 2.70. The number of amides is 1. The zero-order valence-corrected chi connectivity index (χ0v) is 17.7. The molecule has 156 valence electrons. The van der Waals surface area contributed by atoms with Gasteiger partial charge in [0, 0.05) is 24.2 Å². The van der Waals surface area contributed by atoms with Crippen molar-refractivity contribution in [1.82, 2.24) is 15.3 Å². The number of fused-ring (bicyclic) bond motifs is 2. The third-order valence-electron chi connectivity index (χ3n) is 4.80. The maximum atomic E-state index is 11.9. The first-order valence-corrected chi connectivity index (χ1v) is 10.00. The number of hydrogen-bond acceptors (Lipinski definition) is 6. The number of rotatable bonds is 3. The number of anilines is 1. The molecule has 0 spiro atoms. The molecule has 1 aliphatic heterocycles. The molecule has 0 unspecified atom stereocenters. The molecule has 1 amide bonds. The Bertz CT molecular complexity index is 1090. The topological polar surface area (TPSA) is 76.6 Å². The lowest BCUT2D eigenvalue weighted by Gasteiger charge is -2.29. The van der Waals surface area contributed by atoms with Crippen molar-refractivity contribution < 1.29 is 14.3 Å². The molecule has 1 aliphatic rings. The standard InChI is InChI=1S/C23H26N4O3/c1-23(2,3)30-22(28)25-14-16-12-19-15(13-24-16)8-9-18(26-19)17-6-5-7-20-21(17)29-11-10-27(20)4/h5-9,12-13H,10-11,14H2,1-4H3,(H,25,28). The van der Waals surface area contributed by atoms with Crippen LogP contribution in [-0.4, -0.2) is 41.9 Å². The van der Waals surface area contributed by atoms with E-state index < -0.39 is 11.7 Å². The third kappa shape index (κ3) is 4.30. The largest absolute Gasteiger partial charge is 0.489 e. The molecule has 0 radical (unpaired) electrons. The second-order valence-corrected chi connectivity index (χ2v) is 8.34. The number of alkyl carbamates (subject to hydrolysis) is 1. The zero-order valence-electron chi connectivity index (χ0n) is 17.7. The van der Waals surface area contributed by atoms with Crippen LogP contribution in [0.4, 0.5) is 10.5 Å². The molecular weight excluding hydrogens is 380 g/mol. The van der Waals surface area contributed by atoms with Crippen LogP contribution in [0.25, 0.3) is 22.2 Å². The van der Waals surface area contributed by atoms with E-state index >= 15 is 0 Å². The zero-order chi connectivity index (χ0) is 21.3. The van der Waals surface area contributed by atoms with Gasteiger partial charge in [-0.15, -0.1) is 0 Å². The van der Waals surface area contributed by atoms with Gasteiger partial charge >= 0.3 is 6.09 Å². The highest BCUT2D eigenvalue weighted by Crippen LogP contribution is 2.39. The molecule has 7 heteroatoms. The van der Waals surface area contributed by atoms with Crippen LogP contribution in [0.15, 0.2) is 42.6 Å². The summed E-state index contributed by atoms with van der Waals surface area (Å²) in [5, 5.41) is 3.67. The lowest BCUT2D eigenvalue weighted by molar-refractivity contribution is 0.0523. The van der Waals surface area contributed by atoms with Crippen LogP contribution in [-0.2, 0) is 11.3 Å². The average molecular weight is 406 g/mol. The van der Waals surface area contributed by atoms with E-state index in [1.165, 1.54) is 0 Å². The van der Waals surface area contributed by atoms with Crippen molar-refractivity contribution in [3.8, 4) is 17.0 Å². The number of nitrogens with zero attached hydrogens (tertiary/aromatic N) is 3. The minimum absolute atomic E-state index is 0.269. The molecule has 0 saturated carbocycles. The summed E-state index contributed by atoms with van der Waals surface area (Å²) in [5.74, 6) is 0.860. The SMILES string of the molecule is CN1CCOc2c(-c3ccc4cnc(CNC(=O)OC(C)(C)C)cc4n3)cccc21. The van der Waals surface area contributed by atoms with E-state index in [4.69, 9.17) is 14.5 Å². The lowest BCUT2D eigenvalue weighted by Crippen LogP contribution is -2.32. The molecule has 0 fully saturated rings. The van der Waals surface area contributed by atoms with E-state index in [-0.39, 0.29) is 6.54 Å². The molecule has 0 aliphatic carbocycles. The minimum Gasteiger partial charge on any atom is -0.489 e. The van der Waals surface area contributed by atoms with E-state index in [2.05, 4.69) is 28.3 Å². The van der Waals surface area contributed by atoms with Gasteiger partial charge in [-0.05, 0) is 51.1 Å². The molecule has 0 saturated heterocycles. The first-order valence-electron chi connectivity index (χ1n) is 10.00. The summed E-state index contributed by atoms with van der Waals surface area (Å²) >= 11 is 0. The van der Waals surface area contributed by atoms with Crippen LogP contribution in [0.3, 0.4) is 0 Å². The third-order valence-corrected chi connectivity index (χ3v) is 4.80. The molecule has 2 aromatic heterocycles. The van der Waals surface area contributed by atoms with E-state index in [1.807, 2.05) is 51.1 Å². The molecular formula is C23H26N4O3. The summed E-state index contributed by atoms with van der Waals surface area (Å²) in [6.45, 7) is 7.27. The maximum absolute atomic E-state index is 11.9. The first-order chi connectivity index (χ1) is 14.3. The molecule has 0 bridgehead atoms. The summed E-state index contributed by atoms with van der Waals surface area (Å²) in [6.07, 6.45) is 1.30. The molecule has 30 heavy (non-hydrogen) atoms. The fraction of sp³-hybridized carbons (Fsp3) is 0.348. The Labute approximate surface area is 176 Å². The van der Waals surface area contributed by atoms with Crippen LogP contribution in [0.5, 0.6) is 5.75 Å². The Kier molecular flexibility index (Phi) is 5.20. The van der Waals surface area contributed by atoms with Crippen molar-refractivity contribution >= 4 is 22.7 Å². The van der Waals surface area contributed by atoms with Crippen LogP contribution >= 0.6 is 0 Å². The summed E-state index contributed by atoms with van der Waals surface area (Å²) in [4.78, 5) is 23.4. The van der Waals surface area contributed by atoms with Gasteiger partial charge in [-0.2, -0.15) is 0 Å². The number of para-hydroxylation sites is 1. The predicted molar refractivity (Wildman–Crippen MR) is 117 cm³/mol. The molecule has 1 N–H and O–H groups in total. The summed E-state index contributed by atoms with van der Waals surface area (Å²) < 4.78 is 11.2. The number of carbonyl (C=O) groups excluding carboxylic acids is 1. The summed E-state index contributed by atoms with van der Waals surface area (Å²) in [7, 11) is 2.06. The Morgan fingerprint density at radius 3 is 2.90 bits per heavy atom. The van der Waals surface area contributed by atoms with E-state index in [9.17, 15) is 4.79 Å². The van der Waals surface area contributed by atoms with Gasteiger partial charge in [0.15, 0.2) is 5.75 Å². The molecule has 7 nitrogen and oxygen atoms in total.